The Kier molecular flexibility index (Phi) is 5.98. The van der Waals surface area contributed by atoms with Gasteiger partial charge in [-0.3, -0.25) is 9.59 Å². The molecule has 6 rings (SSSR count). The van der Waals surface area contributed by atoms with E-state index in [-0.39, 0.29) is 29.7 Å². The molecule has 12 heteroatoms. The highest BCUT2D eigenvalue weighted by molar-refractivity contribution is 5.97. The third-order valence-corrected chi connectivity index (χ3v) is 6.77. The highest BCUT2D eigenvalue weighted by Gasteiger charge is 2.26. The average Bonchev–Trinajstić information content (AvgIpc) is 3.62. The van der Waals surface area contributed by atoms with Gasteiger partial charge in [-0.1, -0.05) is 18.2 Å². The monoisotopic (exact) mass is 524 g/mol. The van der Waals surface area contributed by atoms with Crippen LogP contribution in [-0.4, -0.2) is 41.6 Å². The number of aromatic nitrogens is 6. The minimum atomic E-state index is -0.417. The van der Waals surface area contributed by atoms with Gasteiger partial charge in [-0.05, 0) is 71.1 Å². The van der Waals surface area contributed by atoms with E-state index in [2.05, 4.69) is 31.0 Å². The highest BCUT2D eigenvalue weighted by Crippen LogP contribution is 2.32. The lowest BCUT2D eigenvalue weighted by Crippen LogP contribution is -2.29. The van der Waals surface area contributed by atoms with Gasteiger partial charge in [-0.25, -0.2) is 14.8 Å². The number of hydrogen-bond donors (Lipinski definition) is 2. The van der Waals surface area contributed by atoms with E-state index in [1.807, 2.05) is 43.3 Å². The molecule has 2 aromatic carbocycles. The minimum absolute atomic E-state index is 0.0935. The molecule has 196 valence electrons. The molecule has 0 aliphatic heterocycles. The second-order valence-corrected chi connectivity index (χ2v) is 9.45. The van der Waals surface area contributed by atoms with E-state index in [1.54, 1.807) is 6.07 Å². The third-order valence-electron chi connectivity index (χ3n) is 6.77. The van der Waals surface area contributed by atoms with Crippen LogP contribution in [-0.2, 0) is 20.0 Å². The summed E-state index contributed by atoms with van der Waals surface area (Å²) >= 11 is 0. The molecule has 1 atom stereocenters. The Morgan fingerprint density at radius 2 is 1.85 bits per heavy atom. The van der Waals surface area contributed by atoms with Gasteiger partial charge >= 0.3 is 5.69 Å². The highest BCUT2D eigenvalue weighted by atomic mass is 16.3. The molecular weight excluding hydrogens is 500 g/mol. The number of nitrogens with zero attached hydrogens (tertiary/aromatic N) is 6. The smallest absolute Gasteiger partial charge is 0.368 e. The summed E-state index contributed by atoms with van der Waals surface area (Å²) in [4.78, 5) is 46.0. The summed E-state index contributed by atoms with van der Waals surface area (Å²) in [5.41, 5.74) is 4.08. The van der Waals surface area contributed by atoms with Crippen LogP contribution >= 0.6 is 0 Å². The fourth-order valence-corrected chi connectivity index (χ4v) is 4.79. The Bertz CT molecular complexity index is 1800. The molecule has 0 bridgehead atoms. The predicted octanol–water partition coefficient (Wildman–Crippen LogP) is 2.16. The van der Waals surface area contributed by atoms with E-state index in [0.29, 0.717) is 12.1 Å². The first-order chi connectivity index (χ1) is 18.9. The number of aryl methyl sites for hydroxylation is 3. The van der Waals surface area contributed by atoms with E-state index in [4.69, 9.17) is 4.42 Å². The van der Waals surface area contributed by atoms with Crippen molar-refractivity contribution in [3.8, 4) is 5.69 Å². The molecule has 0 fully saturated rings. The molecule has 0 saturated heterocycles. The van der Waals surface area contributed by atoms with Crippen molar-refractivity contribution in [2.45, 2.75) is 32.4 Å². The van der Waals surface area contributed by atoms with Gasteiger partial charge in [-0.2, -0.15) is 9.36 Å². The maximum absolute atomic E-state index is 13.0. The number of carbonyl (C=O) groups excluding carboxylic acids is 2. The van der Waals surface area contributed by atoms with Crippen molar-refractivity contribution in [2.75, 3.05) is 0 Å². The van der Waals surface area contributed by atoms with Crippen LogP contribution in [0.1, 0.15) is 55.9 Å². The molecule has 0 saturated carbocycles. The van der Waals surface area contributed by atoms with Crippen LogP contribution < -0.4 is 16.3 Å². The van der Waals surface area contributed by atoms with Gasteiger partial charge in [0.25, 0.3) is 11.8 Å². The molecule has 3 aromatic heterocycles. The fourth-order valence-electron chi connectivity index (χ4n) is 4.79. The van der Waals surface area contributed by atoms with E-state index in [9.17, 15) is 14.4 Å². The molecule has 12 nitrogen and oxygen atoms in total. The zero-order valence-electron chi connectivity index (χ0n) is 21.2. The van der Waals surface area contributed by atoms with Crippen LogP contribution in [0, 0.1) is 6.92 Å². The molecule has 0 spiro atoms. The van der Waals surface area contributed by atoms with E-state index < -0.39 is 11.8 Å². The number of benzene rings is 2. The van der Waals surface area contributed by atoms with Crippen molar-refractivity contribution in [1.82, 2.24) is 40.4 Å². The van der Waals surface area contributed by atoms with Gasteiger partial charge in [-0.15, -0.1) is 0 Å². The largest absolute Gasteiger partial charge is 0.461 e. The number of rotatable bonds is 6. The van der Waals surface area contributed by atoms with Gasteiger partial charge < -0.3 is 15.1 Å². The second kappa shape index (κ2) is 9.63. The average molecular weight is 525 g/mol. The molecule has 2 N–H and O–H groups in total. The van der Waals surface area contributed by atoms with Gasteiger partial charge in [0.1, 0.15) is 29.1 Å². The number of hydrogen-bond acceptors (Lipinski definition) is 8. The molecule has 3 heterocycles. The number of amides is 2. The van der Waals surface area contributed by atoms with Crippen LogP contribution in [0.5, 0.6) is 0 Å². The SMILES string of the molecule is Cc1cc2ccc(CNC(=O)c3cc(C(=O)N[C@@H]4CCc5cc(-n6nnn(C)c6=O)ccc54)ncn3)cc2o1. The molecule has 39 heavy (non-hydrogen) atoms. The minimum Gasteiger partial charge on any atom is -0.461 e. The zero-order valence-corrected chi connectivity index (χ0v) is 21.2. The normalized spacial score (nSPS) is 14.4. The summed E-state index contributed by atoms with van der Waals surface area (Å²) in [6.07, 6.45) is 2.62. The number of nitrogens with one attached hydrogen (secondary N) is 2. The summed E-state index contributed by atoms with van der Waals surface area (Å²) in [6.45, 7) is 2.16. The van der Waals surface area contributed by atoms with Crippen molar-refractivity contribution in [1.29, 1.82) is 0 Å². The van der Waals surface area contributed by atoms with E-state index in [1.165, 1.54) is 24.1 Å². The first-order valence-corrected chi connectivity index (χ1v) is 12.4. The van der Waals surface area contributed by atoms with Crippen molar-refractivity contribution in [2.24, 2.45) is 7.05 Å². The Hall–Kier alpha value is -5.13. The van der Waals surface area contributed by atoms with E-state index in [0.717, 1.165) is 44.5 Å². The number of tetrazole rings is 1. The molecule has 1 aliphatic carbocycles. The van der Waals surface area contributed by atoms with Crippen molar-refractivity contribution >= 4 is 22.8 Å². The lowest BCUT2D eigenvalue weighted by Gasteiger charge is -2.14. The Morgan fingerprint density at radius 3 is 2.64 bits per heavy atom. The van der Waals surface area contributed by atoms with E-state index >= 15 is 0 Å². The van der Waals surface area contributed by atoms with Crippen molar-refractivity contribution in [3.63, 3.8) is 0 Å². The zero-order chi connectivity index (χ0) is 27.1. The Morgan fingerprint density at radius 1 is 1.03 bits per heavy atom. The summed E-state index contributed by atoms with van der Waals surface area (Å²) in [6, 6.07) is 14.4. The maximum Gasteiger partial charge on any atom is 0.368 e. The lowest BCUT2D eigenvalue weighted by atomic mass is 10.1. The summed E-state index contributed by atoms with van der Waals surface area (Å²) in [5, 5.41) is 14.5. The molecule has 0 radical (unpaired) electrons. The molecular formula is C27H24N8O4. The number of fused-ring (bicyclic) bond motifs is 2. The number of carbonyl (C=O) groups is 2. The van der Waals surface area contributed by atoms with Crippen molar-refractivity contribution in [3.05, 3.63) is 99.2 Å². The van der Waals surface area contributed by atoms with Gasteiger partial charge in [0, 0.05) is 25.0 Å². The molecule has 0 unspecified atom stereocenters. The summed E-state index contributed by atoms with van der Waals surface area (Å²) < 4.78 is 8.04. The van der Waals surface area contributed by atoms with Crippen LogP contribution in [0.15, 0.2) is 64.1 Å². The number of furan rings is 1. The third kappa shape index (κ3) is 4.67. The topological polar surface area (TPSA) is 150 Å². The Labute approximate surface area is 221 Å². The van der Waals surface area contributed by atoms with Gasteiger partial charge in [0.05, 0.1) is 11.7 Å². The summed E-state index contributed by atoms with van der Waals surface area (Å²) in [7, 11) is 1.54. The first kappa shape index (κ1) is 24.2. The van der Waals surface area contributed by atoms with Crippen molar-refractivity contribution < 1.29 is 14.0 Å². The molecule has 2 amide bonds. The second-order valence-electron chi connectivity index (χ2n) is 9.45. The quantitative estimate of drug-likeness (QED) is 0.343. The van der Waals surface area contributed by atoms with Gasteiger partial charge in [0.2, 0.25) is 0 Å². The molecule has 5 aromatic rings. The standard InChI is InChI=1S/C27H24N8O4/c1-15-9-18-4-3-16(10-24(18)39-15)13-28-25(36)22-12-23(30-14-29-22)26(37)31-21-8-5-17-11-19(6-7-20(17)21)35-27(38)34(2)32-33-35/h3-4,6-7,9-12,14,21H,5,8,13H2,1-2H3,(H,28,36)(H,31,37)/t21-/m1/s1. The van der Waals surface area contributed by atoms with Crippen LogP contribution in [0.25, 0.3) is 16.7 Å². The van der Waals surface area contributed by atoms with Gasteiger partial charge in [0.15, 0.2) is 0 Å². The Balaban J connectivity index is 1.12. The van der Waals surface area contributed by atoms with Crippen LogP contribution in [0.4, 0.5) is 0 Å². The van der Waals surface area contributed by atoms with Crippen LogP contribution in [0.2, 0.25) is 0 Å². The summed E-state index contributed by atoms with van der Waals surface area (Å²) in [5.74, 6) is 0.0000247. The first-order valence-electron chi connectivity index (χ1n) is 12.4. The molecule has 1 aliphatic rings. The van der Waals surface area contributed by atoms with Crippen LogP contribution in [0.3, 0.4) is 0 Å². The maximum atomic E-state index is 13.0. The predicted molar refractivity (Wildman–Crippen MR) is 139 cm³/mol. The fraction of sp³-hybridized carbons (Fsp3) is 0.222. The lowest BCUT2D eigenvalue weighted by molar-refractivity contribution is 0.0931.